The Hall–Kier alpha value is -1.29. The monoisotopic (exact) mass is 266 g/mol. The molecule has 0 N–H and O–H groups in total. The Labute approximate surface area is 112 Å². The first-order chi connectivity index (χ1) is 8.55. The van der Waals surface area contributed by atoms with Crippen LogP contribution in [0.3, 0.4) is 0 Å². The van der Waals surface area contributed by atoms with Crippen LogP contribution in [0.25, 0.3) is 6.08 Å². The van der Waals surface area contributed by atoms with Crippen molar-refractivity contribution in [1.82, 2.24) is 0 Å². The Morgan fingerprint density at radius 3 is 2.72 bits per heavy atom. The number of hydrogen-bond acceptors (Lipinski definition) is 4. The SMILES string of the molecule is COc1cc2c(cc1OCSC)OC(C)(C)C=C2. The molecule has 0 amide bonds. The number of rotatable bonds is 4. The molecule has 18 heavy (non-hydrogen) atoms. The molecular weight excluding hydrogens is 248 g/mol. The van der Waals surface area contributed by atoms with Gasteiger partial charge in [-0.15, -0.1) is 11.8 Å². The Balaban J connectivity index is 2.36. The molecule has 3 nitrogen and oxygen atoms in total. The quantitative estimate of drug-likeness (QED) is 0.779. The van der Waals surface area contributed by atoms with Gasteiger partial charge in [0.2, 0.25) is 0 Å². The highest BCUT2D eigenvalue weighted by Gasteiger charge is 2.23. The molecule has 0 atom stereocenters. The van der Waals surface area contributed by atoms with Crippen LogP contribution in [0.2, 0.25) is 0 Å². The molecule has 0 spiro atoms. The van der Waals surface area contributed by atoms with Crippen LogP contribution < -0.4 is 14.2 Å². The van der Waals surface area contributed by atoms with Gasteiger partial charge in [-0.3, -0.25) is 0 Å². The summed E-state index contributed by atoms with van der Waals surface area (Å²) in [6.45, 7) is 4.05. The highest BCUT2D eigenvalue weighted by Crippen LogP contribution is 2.39. The standard InChI is InChI=1S/C14H18O3S/c1-14(2)6-5-10-7-12(15-3)13(16-9-18-4)8-11(10)17-14/h5-8H,9H2,1-4H3. The van der Waals surface area contributed by atoms with Crippen molar-refractivity contribution in [3.63, 3.8) is 0 Å². The summed E-state index contributed by atoms with van der Waals surface area (Å²) in [5.41, 5.74) is 0.737. The zero-order chi connectivity index (χ0) is 13.2. The average molecular weight is 266 g/mol. The number of ether oxygens (including phenoxy) is 3. The first kappa shape index (κ1) is 13.1. The molecule has 1 aromatic rings. The predicted octanol–water partition coefficient (Wildman–Crippen LogP) is 3.58. The topological polar surface area (TPSA) is 27.7 Å². The number of hydrogen-bond donors (Lipinski definition) is 0. The van der Waals surface area contributed by atoms with Gasteiger partial charge >= 0.3 is 0 Å². The van der Waals surface area contributed by atoms with E-state index in [1.165, 1.54) is 0 Å². The molecule has 1 aliphatic heterocycles. The van der Waals surface area contributed by atoms with Crippen LogP contribution in [-0.4, -0.2) is 24.9 Å². The van der Waals surface area contributed by atoms with Crippen LogP contribution in [0.4, 0.5) is 0 Å². The van der Waals surface area contributed by atoms with E-state index in [0.29, 0.717) is 5.94 Å². The molecule has 0 unspecified atom stereocenters. The van der Waals surface area contributed by atoms with Gasteiger partial charge in [0.25, 0.3) is 0 Å². The molecule has 1 heterocycles. The van der Waals surface area contributed by atoms with E-state index < -0.39 is 0 Å². The van der Waals surface area contributed by atoms with E-state index in [2.05, 4.69) is 6.08 Å². The van der Waals surface area contributed by atoms with Crippen molar-refractivity contribution in [3.8, 4) is 17.2 Å². The fraction of sp³-hybridized carbons (Fsp3) is 0.429. The summed E-state index contributed by atoms with van der Waals surface area (Å²) >= 11 is 1.62. The van der Waals surface area contributed by atoms with Crippen LogP contribution in [0, 0.1) is 0 Å². The Morgan fingerprint density at radius 2 is 2.06 bits per heavy atom. The van der Waals surface area contributed by atoms with E-state index in [9.17, 15) is 0 Å². The summed E-state index contributed by atoms with van der Waals surface area (Å²) in [6, 6.07) is 3.84. The van der Waals surface area contributed by atoms with E-state index in [4.69, 9.17) is 14.2 Å². The lowest BCUT2D eigenvalue weighted by atomic mass is 10.0. The first-order valence-electron chi connectivity index (χ1n) is 5.78. The summed E-state index contributed by atoms with van der Waals surface area (Å²) < 4.78 is 16.9. The lowest BCUT2D eigenvalue weighted by Crippen LogP contribution is -2.27. The summed E-state index contributed by atoms with van der Waals surface area (Å²) in [5, 5.41) is 0. The van der Waals surface area contributed by atoms with Crippen molar-refractivity contribution < 1.29 is 14.2 Å². The second-order valence-electron chi connectivity index (χ2n) is 4.63. The van der Waals surface area contributed by atoms with Gasteiger partial charge in [0, 0.05) is 11.6 Å². The van der Waals surface area contributed by atoms with Gasteiger partial charge in [-0.05, 0) is 32.2 Å². The van der Waals surface area contributed by atoms with Crippen molar-refractivity contribution in [3.05, 3.63) is 23.8 Å². The minimum atomic E-state index is -0.279. The molecule has 4 heteroatoms. The zero-order valence-corrected chi connectivity index (χ0v) is 12.0. The lowest BCUT2D eigenvalue weighted by molar-refractivity contribution is 0.158. The Kier molecular flexibility index (Phi) is 3.76. The van der Waals surface area contributed by atoms with Gasteiger partial charge in [0.15, 0.2) is 11.5 Å². The summed E-state index contributed by atoms with van der Waals surface area (Å²) in [5.74, 6) is 2.88. The third-order valence-electron chi connectivity index (χ3n) is 2.67. The summed E-state index contributed by atoms with van der Waals surface area (Å²) in [4.78, 5) is 0. The molecule has 0 radical (unpaired) electrons. The molecule has 0 fully saturated rings. The highest BCUT2D eigenvalue weighted by molar-refractivity contribution is 7.98. The first-order valence-corrected chi connectivity index (χ1v) is 7.17. The fourth-order valence-electron chi connectivity index (χ4n) is 1.78. The molecule has 0 aromatic heterocycles. The van der Waals surface area contributed by atoms with Crippen molar-refractivity contribution >= 4 is 17.8 Å². The van der Waals surface area contributed by atoms with Gasteiger partial charge in [-0.1, -0.05) is 6.08 Å². The second kappa shape index (κ2) is 5.14. The maximum Gasteiger partial charge on any atom is 0.166 e. The fourth-order valence-corrected chi connectivity index (χ4v) is 2.02. The van der Waals surface area contributed by atoms with E-state index >= 15 is 0 Å². The number of thioether (sulfide) groups is 1. The molecular formula is C14H18O3S. The molecule has 0 bridgehead atoms. The average Bonchev–Trinajstić information content (AvgIpc) is 2.34. The molecule has 0 aliphatic carbocycles. The van der Waals surface area contributed by atoms with Gasteiger partial charge in [-0.25, -0.2) is 0 Å². The third-order valence-corrected chi connectivity index (χ3v) is 3.02. The maximum absolute atomic E-state index is 5.91. The molecule has 0 saturated carbocycles. The number of fused-ring (bicyclic) bond motifs is 1. The molecule has 2 rings (SSSR count). The van der Waals surface area contributed by atoms with E-state index in [1.807, 2.05) is 38.3 Å². The molecule has 1 aromatic carbocycles. The van der Waals surface area contributed by atoms with E-state index in [1.54, 1.807) is 18.9 Å². The van der Waals surface area contributed by atoms with Gasteiger partial charge in [0.05, 0.1) is 7.11 Å². The third kappa shape index (κ3) is 2.75. The minimum absolute atomic E-state index is 0.279. The van der Waals surface area contributed by atoms with E-state index in [-0.39, 0.29) is 5.60 Å². The van der Waals surface area contributed by atoms with Gasteiger partial charge in [-0.2, -0.15) is 0 Å². The van der Waals surface area contributed by atoms with Crippen molar-refractivity contribution in [2.75, 3.05) is 19.3 Å². The summed E-state index contributed by atoms with van der Waals surface area (Å²) in [7, 11) is 1.64. The predicted molar refractivity (Wildman–Crippen MR) is 75.7 cm³/mol. The van der Waals surface area contributed by atoms with Crippen LogP contribution in [0.15, 0.2) is 18.2 Å². The van der Waals surface area contributed by atoms with Gasteiger partial charge in [0.1, 0.15) is 17.3 Å². The van der Waals surface area contributed by atoms with Crippen molar-refractivity contribution in [2.45, 2.75) is 19.4 Å². The zero-order valence-electron chi connectivity index (χ0n) is 11.1. The van der Waals surface area contributed by atoms with Crippen LogP contribution >= 0.6 is 11.8 Å². The lowest BCUT2D eigenvalue weighted by Gasteiger charge is -2.28. The Morgan fingerprint density at radius 1 is 1.28 bits per heavy atom. The van der Waals surface area contributed by atoms with Crippen LogP contribution in [0.1, 0.15) is 19.4 Å². The van der Waals surface area contributed by atoms with Crippen molar-refractivity contribution in [1.29, 1.82) is 0 Å². The van der Waals surface area contributed by atoms with Crippen LogP contribution in [-0.2, 0) is 0 Å². The smallest absolute Gasteiger partial charge is 0.166 e. The van der Waals surface area contributed by atoms with Crippen molar-refractivity contribution in [2.24, 2.45) is 0 Å². The number of benzene rings is 1. The van der Waals surface area contributed by atoms with E-state index in [0.717, 1.165) is 22.8 Å². The molecule has 98 valence electrons. The number of methoxy groups -OCH3 is 1. The largest absolute Gasteiger partial charge is 0.493 e. The Bertz CT molecular complexity index is 466. The minimum Gasteiger partial charge on any atom is -0.493 e. The normalized spacial score (nSPS) is 15.8. The highest BCUT2D eigenvalue weighted by atomic mass is 32.2. The molecule has 0 saturated heterocycles. The van der Waals surface area contributed by atoms with Crippen LogP contribution in [0.5, 0.6) is 17.2 Å². The maximum atomic E-state index is 5.91. The van der Waals surface area contributed by atoms with Gasteiger partial charge < -0.3 is 14.2 Å². The summed E-state index contributed by atoms with van der Waals surface area (Å²) in [6.07, 6.45) is 6.09. The molecule has 1 aliphatic rings. The second-order valence-corrected chi connectivity index (χ2v) is 5.44.